The van der Waals surface area contributed by atoms with Gasteiger partial charge in [0.2, 0.25) is 0 Å². The molecule has 30 heavy (non-hydrogen) atoms. The Kier molecular flexibility index (Phi) is 7.22. The first kappa shape index (κ1) is 22.4. The Labute approximate surface area is 176 Å². The van der Waals surface area contributed by atoms with Crippen molar-refractivity contribution in [3.8, 4) is 16.9 Å². The van der Waals surface area contributed by atoms with Crippen LogP contribution in [0.2, 0.25) is 0 Å². The zero-order chi connectivity index (χ0) is 21.7. The van der Waals surface area contributed by atoms with E-state index in [0.29, 0.717) is 5.92 Å². The van der Waals surface area contributed by atoms with Crippen molar-refractivity contribution in [2.24, 2.45) is 11.8 Å². The zero-order valence-corrected chi connectivity index (χ0v) is 17.5. The minimum absolute atomic E-state index is 0.119. The third-order valence-corrected chi connectivity index (χ3v) is 6.29. The molecule has 5 heteroatoms. The van der Waals surface area contributed by atoms with Gasteiger partial charge in [0.25, 0.3) is 0 Å². The summed E-state index contributed by atoms with van der Waals surface area (Å²) in [6.07, 6.45) is 2.68. The summed E-state index contributed by atoms with van der Waals surface area (Å²) in [6.45, 7) is 4.61. The fraction of sp³-hybridized carbons (Fsp3) is 0.480. The first-order chi connectivity index (χ1) is 14.3. The number of rotatable bonds is 6. The van der Waals surface area contributed by atoms with Crippen LogP contribution in [0, 0.1) is 11.8 Å². The van der Waals surface area contributed by atoms with Crippen molar-refractivity contribution < 1.29 is 22.7 Å². The van der Waals surface area contributed by atoms with Crippen LogP contribution in [-0.4, -0.2) is 12.1 Å². The highest BCUT2D eigenvalue weighted by Gasteiger charge is 2.41. The summed E-state index contributed by atoms with van der Waals surface area (Å²) in [6, 6.07) is 14.5. The van der Waals surface area contributed by atoms with Gasteiger partial charge in [0.1, 0.15) is 5.75 Å². The van der Waals surface area contributed by atoms with Gasteiger partial charge in [-0.2, -0.15) is 13.2 Å². The molecular weight excluding hydrogens is 389 g/mol. The number of carbonyl (C=O) groups is 1. The summed E-state index contributed by atoms with van der Waals surface area (Å²) in [5.74, 6) is -0.0450. The smallest absolute Gasteiger partial charge is 0.420 e. The molecule has 1 fully saturated rings. The van der Waals surface area contributed by atoms with Gasteiger partial charge in [0.05, 0.1) is 0 Å². The fourth-order valence-corrected chi connectivity index (χ4v) is 4.30. The van der Waals surface area contributed by atoms with E-state index in [9.17, 15) is 18.0 Å². The molecule has 0 amide bonds. The molecule has 0 bridgehead atoms. The van der Waals surface area contributed by atoms with E-state index in [1.807, 2.05) is 0 Å². The number of benzene rings is 2. The Morgan fingerprint density at radius 2 is 1.50 bits per heavy atom. The average molecular weight is 418 g/mol. The SMILES string of the molecule is CCC(C)CC1CCC(c2ccc(-c3ccc(OC(=O)C(F)(F)F)cc3)cc2)CC1. The van der Waals surface area contributed by atoms with Gasteiger partial charge >= 0.3 is 12.1 Å². The third kappa shape index (κ3) is 5.87. The van der Waals surface area contributed by atoms with E-state index in [1.165, 1.54) is 56.2 Å². The highest BCUT2D eigenvalue weighted by Crippen LogP contribution is 2.39. The monoisotopic (exact) mass is 418 g/mol. The number of hydrogen-bond donors (Lipinski definition) is 0. The van der Waals surface area contributed by atoms with Crippen molar-refractivity contribution in [3.05, 3.63) is 54.1 Å². The highest BCUT2D eigenvalue weighted by atomic mass is 19.4. The molecular formula is C25H29F3O2. The van der Waals surface area contributed by atoms with Crippen molar-refractivity contribution in [1.29, 1.82) is 0 Å². The normalized spacial score (nSPS) is 20.6. The minimum Gasteiger partial charge on any atom is -0.420 e. The molecule has 1 aliphatic carbocycles. The maximum atomic E-state index is 12.3. The van der Waals surface area contributed by atoms with Crippen LogP contribution < -0.4 is 4.74 Å². The van der Waals surface area contributed by atoms with Crippen LogP contribution in [0.3, 0.4) is 0 Å². The topological polar surface area (TPSA) is 26.3 Å². The second-order valence-electron chi connectivity index (χ2n) is 8.50. The summed E-state index contributed by atoms with van der Waals surface area (Å²) in [5, 5.41) is 0. The standard InChI is InChI=1S/C25H29F3O2/c1-3-17(2)16-18-4-6-19(7-5-18)20-8-10-21(11-9-20)22-12-14-23(15-13-22)30-24(29)25(26,27)28/h8-15,17-19H,3-7,16H2,1-2H3. The predicted molar refractivity (Wildman–Crippen MR) is 112 cm³/mol. The maximum Gasteiger partial charge on any atom is 0.491 e. The van der Waals surface area contributed by atoms with Gasteiger partial charge in [-0.15, -0.1) is 0 Å². The van der Waals surface area contributed by atoms with Crippen LogP contribution in [0.4, 0.5) is 13.2 Å². The first-order valence-electron chi connectivity index (χ1n) is 10.8. The number of halogens is 3. The highest BCUT2D eigenvalue weighted by molar-refractivity contribution is 5.78. The lowest BCUT2D eigenvalue weighted by atomic mass is 9.75. The molecule has 1 aliphatic rings. The van der Waals surface area contributed by atoms with Crippen LogP contribution in [0.25, 0.3) is 11.1 Å². The van der Waals surface area contributed by atoms with E-state index < -0.39 is 12.1 Å². The van der Waals surface area contributed by atoms with Crippen molar-refractivity contribution in [3.63, 3.8) is 0 Å². The Bertz CT molecular complexity index is 817. The molecule has 3 rings (SSSR count). The van der Waals surface area contributed by atoms with E-state index >= 15 is 0 Å². The number of esters is 1. The van der Waals surface area contributed by atoms with Gasteiger partial charge < -0.3 is 4.74 Å². The quantitative estimate of drug-likeness (QED) is 0.358. The number of hydrogen-bond acceptors (Lipinski definition) is 2. The van der Waals surface area contributed by atoms with Gasteiger partial charge in [-0.25, -0.2) is 4.79 Å². The number of ether oxygens (including phenoxy) is 1. The summed E-state index contributed by atoms with van der Waals surface area (Å²) < 4.78 is 41.2. The van der Waals surface area contributed by atoms with E-state index in [2.05, 4.69) is 42.8 Å². The summed E-state index contributed by atoms with van der Waals surface area (Å²) in [5.41, 5.74) is 3.21. The maximum absolute atomic E-state index is 12.3. The lowest BCUT2D eigenvalue weighted by Crippen LogP contribution is -2.27. The van der Waals surface area contributed by atoms with Crippen molar-refractivity contribution in [2.45, 2.75) is 64.5 Å². The summed E-state index contributed by atoms with van der Waals surface area (Å²) >= 11 is 0. The van der Waals surface area contributed by atoms with E-state index in [-0.39, 0.29) is 5.75 Å². The molecule has 0 aromatic heterocycles. The van der Waals surface area contributed by atoms with Gasteiger partial charge in [0, 0.05) is 0 Å². The van der Waals surface area contributed by atoms with Crippen LogP contribution in [-0.2, 0) is 4.79 Å². The molecule has 0 spiro atoms. The molecule has 2 aromatic rings. The van der Waals surface area contributed by atoms with Gasteiger partial charge in [0.15, 0.2) is 0 Å². The Morgan fingerprint density at radius 1 is 0.967 bits per heavy atom. The minimum atomic E-state index is -5.00. The molecule has 0 radical (unpaired) electrons. The van der Waals surface area contributed by atoms with E-state index in [4.69, 9.17) is 0 Å². The Morgan fingerprint density at radius 3 is 2.00 bits per heavy atom. The molecule has 0 heterocycles. The van der Waals surface area contributed by atoms with Crippen molar-refractivity contribution in [1.82, 2.24) is 0 Å². The van der Waals surface area contributed by atoms with E-state index in [0.717, 1.165) is 23.0 Å². The Balaban J connectivity index is 1.58. The predicted octanol–water partition coefficient (Wildman–Crippen LogP) is 7.53. The van der Waals surface area contributed by atoms with Crippen LogP contribution in [0.15, 0.2) is 48.5 Å². The van der Waals surface area contributed by atoms with E-state index in [1.54, 1.807) is 12.1 Å². The molecule has 0 aliphatic heterocycles. The lowest BCUT2D eigenvalue weighted by molar-refractivity contribution is -0.189. The van der Waals surface area contributed by atoms with Crippen molar-refractivity contribution >= 4 is 5.97 Å². The first-order valence-corrected chi connectivity index (χ1v) is 10.8. The largest absolute Gasteiger partial charge is 0.491 e. The second-order valence-corrected chi connectivity index (χ2v) is 8.50. The molecule has 162 valence electrons. The second kappa shape index (κ2) is 9.67. The molecule has 2 nitrogen and oxygen atoms in total. The fourth-order valence-electron chi connectivity index (χ4n) is 4.30. The molecule has 0 N–H and O–H groups in total. The molecule has 1 atom stereocenters. The molecule has 0 saturated heterocycles. The van der Waals surface area contributed by atoms with Crippen LogP contribution >= 0.6 is 0 Å². The zero-order valence-electron chi connectivity index (χ0n) is 17.5. The third-order valence-electron chi connectivity index (χ3n) is 6.29. The average Bonchev–Trinajstić information content (AvgIpc) is 2.74. The van der Waals surface area contributed by atoms with Crippen LogP contribution in [0.5, 0.6) is 5.75 Å². The summed E-state index contributed by atoms with van der Waals surface area (Å²) in [7, 11) is 0. The summed E-state index contributed by atoms with van der Waals surface area (Å²) in [4.78, 5) is 10.9. The van der Waals surface area contributed by atoms with Gasteiger partial charge in [-0.3, -0.25) is 0 Å². The van der Waals surface area contributed by atoms with Gasteiger partial charge in [-0.05, 0) is 78.7 Å². The van der Waals surface area contributed by atoms with Crippen molar-refractivity contribution in [2.75, 3.05) is 0 Å². The van der Waals surface area contributed by atoms with Gasteiger partial charge in [-0.1, -0.05) is 56.7 Å². The van der Waals surface area contributed by atoms with Crippen LogP contribution in [0.1, 0.15) is 63.9 Å². The molecule has 1 unspecified atom stereocenters. The number of alkyl halides is 3. The molecule has 1 saturated carbocycles. The lowest BCUT2D eigenvalue weighted by Gasteiger charge is -2.30. The Hall–Kier alpha value is -2.30. The molecule has 2 aromatic carbocycles. The number of carbonyl (C=O) groups excluding carboxylic acids is 1.